The topological polar surface area (TPSA) is 62.2 Å². The summed E-state index contributed by atoms with van der Waals surface area (Å²) in [6.45, 7) is 7.45. The van der Waals surface area contributed by atoms with Gasteiger partial charge < -0.3 is 10.6 Å². The summed E-state index contributed by atoms with van der Waals surface area (Å²) in [5, 5.41) is 10.1. The Kier molecular flexibility index (Phi) is 5.71. The zero-order valence-corrected chi connectivity index (χ0v) is 15.0. The molecule has 2 aromatic rings. The van der Waals surface area contributed by atoms with Crippen LogP contribution in [0, 0.1) is 0 Å². The monoisotopic (exact) mass is 341 g/mol. The Morgan fingerprint density at radius 1 is 1.24 bits per heavy atom. The van der Waals surface area contributed by atoms with Gasteiger partial charge in [0.1, 0.15) is 0 Å². The molecule has 25 heavy (non-hydrogen) atoms. The highest BCUT2D eigenvalue weighted by molar-refractivity contribution is 5.74. The van der Waals surface area contributed by atoms with Gasteiger partial charge in [-0.15, -0.1) is 0 Å². The maximum absolute atomic E-state index is 12.1. The van der Waals surface area contributed by atoms with Gasteiger partial charge in [-0.2, -0.15) is 5.10 Å². The van der Waals surface area contributed by atoms with Crippen LogP contribution in [0.25, 0.3) is 0 Å². The molecule has 2 amide bonds. The zero-order chi connectivity index (χ0) is 17.6. The minimum Gasteiger partial charge on any atom is -0.337 e. The Morgan fingerprint density at radius 3 is 2.80 bits per heavy atom. The number of fused-ring (bicyclic) bond motifs is 1. The van der Waals surface area contributed by atoms with Crippen molar-refractivity contribution in [3.8, 4) is 0 Å². The molecule has 1 aromatic heterocycles. The van der Waals surface area contributed by atoms with E-state index in [1.54, 1.807) is 6.20 Å². The summed E-state index contributed by atoms with van der Waals surface area (Å²) in [6.07, 6.45) is 4.71. The van der Waals surface area contributed by atoms with Crippen LogP contribution in [-0.4, -0.2) is 45.9 Å². The number of nitrogens with zero attached hydrogens (tertiary/aromatic N) is 3. The molecule has 0 saturated carbocycles. The lowest BCUT2D eigenvalue weighted by Crippen LogP contribution is -2.48. The molecule has 0 bridgehead atoms. The highest BCUT2D eigenvalue weighted by Gasteiger charge is 2.20. The molecule has 6 nitrogen and oxygen atoms in total. The summed E-state index contributed by atoms with van der Waals surface area (Å²) >= 11 is 0. The molecular formula is C19H27N5O. The van der Waals surface area contributed by atoms with Crippen molar-refractivity contribution in [2.24, 2.45) is 0 Å². The van der Waals surface area contributed by atoms with Crippen LogP contribution < -0.4 is 10.6 Å². The highest BCUT2D eigenvalue weighted by Crippen LogP contribution is 2.19. The van der Waals surface area contributed by atoms with E-state index in [0.717, 1.165) is 19.5 Å². The first-order valence-electron chi connectivity index (χ1n) is 8.94. The fraction of sp³-hybridized carbons (Fsp3) is 0.474. The van der Waals surface area contributed by atoms with Crippen LogP contribution in [0.5, 0.6) is 0 Å². The Bertz CT molecular complexity index is 685. The number of urea groups is 1. The summed E-state index contributed by atoms with van der Waals surface area (Å²) in [7, 11) is 0. The number of hydrogen-bond donors (Lipinski definition) is 2. The van der Waals surface area contributed by atoms with Crippen molar-refractivity contribution < 1.29 is 4.79 Å². The van der Waals surface area contributed by atoms with Gasteiger partial charge in [0.25, 0.3) is 0 Å². The van der Waals surface area contributed by atoms with Gasteiger partial charge in [-0.25, -0.2) is 4.79 Å². The van der Waals surface area contributed by atoms with Crippen molar-refractivity contribution in [3.05, 3.63) is 53.9 Å². The van der Waals surface area contributed by atoms with Crippen LogP contribution in [0.2, 0.25) is 0 Å². The number of carbonyl (C=O) groups is 1. The lowest BCUT2D eigenvalue weighted by Gasteiger charge is -2.33. The quantitative estimate of drug-likeness (QED) is 0.845. The summed E-state index contributed by atoms with van der Waals surface area (Å²) in [5.41, 5.74) is 2.85. The molecule has 0 saturated heterocycles. The molecule has 0 spiro atoms. The molecule has 3 rings (SSSR count). The molecule has 1 aliphatic rings. The SMILES string of the molecule is CC(Cn1cccn1)NC(=O)NCC(C)N1CCc2ccccc2C1. The second-order valence-electron chi connectivity index (χ2n) is 6.82. The Balaban J connectivity index is 1.41. The van der Waals surface area contributed by atoms with E-state index in [2.05, 4.69) is 51.8 Å². The summed E-state index contributed by atoms with van der Waals surface area (Å²) in [4.78, 5) is 14.5. The Labute approximate surface area is 149 Å². The van der Waals surface area contributed by atoms with Crippen molar-refractivity contribution >= 4 is 6.03 Å². The smallest absolute Gasteiger partial charge is 0.315 e. The standard InChI is InChI=1S/C19H27N5O/c1-15(13-24-10-5-9-21-24)22-19(25)20-12-16(2)23-11-8-17-6-3-4-7-18(17)14-23/h3-7,9-10,15-16H,8,11-14H2,1-2H3,(H2,20,22,25). The van der Waals surface area contributed by atoms with Crippen LogP contribution in [-0.2, 0) is 19.5 Å². The molecule has 134 valence electrons. The third-order valence-corrected chi connectivity index (χ3v) is 4.74. The maximum Gasteiger partial charge on any atom is 0.315 e. The molecule has 2 atom stereocenters. The molecule has 1 aliphatic heterocycles. The van der Waals surface area contributed by atoms with E-state index in [-0.39, 0.29) is 12.1 Å². The Morgan fingerprint density at radius 2 is 2.04 bits per heavy atom. The molecule has 0 aliphatic carbocycles. The van der Waals surface area contributed by atoms with Crippen molar-refractivity contribution in [3.63, 3.8) is 0 Å². The minimum atomic E-state index is -0.121. The van der Waals surface area contributed by atoms with E-state index in [1.165, 1.54) is 11.1 Å². The normalized spacial score (nSPS) is 16.7. The number of hydrogen-bond acceptors (Lipinski definition) is 3. The molecule has 2 heterocycles. The first-order valence-corrected chi connectivity index (χ1v) is 8.94. The van der Waals surface area contributed by atoms with Crippen LogP contribution >= 0.6 is 0 Å². The average molecular weight is 341 g/mol. The van der Waals surface area contributed by atoms with Gasteiger partial charge in [0, 0.05) is 44.1 Å². The van der Waals surface area contributed by atoms with Gasteiger partial charge in [-0.05, 0) is 37.5 Å². The van der Waals surface area contributed by atoms with Crippen molar-refractivity contribution in [2.75, 3.05) is 13.1 Å². The van der Waals surface area contributed by atoms with Crippen LogP contribution in [0.4, 0.5) is 4.79 Å². The van der Waals surface area contributed by atoms with E-state index in [1.807, 2.05) is 23.9 Å². The highest BCUT2D eigenvalue weighted by atomic mass is 16.2. The van der Waals surface area contributed by atoms with Crippen molar-refractivity contribution in [1.82, 2.24) is 25.3 Å². The van der Waals surface area contributed by atoms with Crippen LogP contribution in [0.15, 0.2) is 42.7 Å². The Hall–Kier alpha value is -2.34. The predicted molar refractivity (Wildman–Crippen MR) is 98.2 cm³/mol. The van der Waals surface area contributed by atoms with Crippen molar-refractivity contribution in [2.45, 2.75) is 45.4 Å². The molecule has 0 radical (unpaired) electrons. The minimum absolute atomic E-state index is 0.0251. The zero-order valence-electron chi connectivity index (χ0n) is 15.0. The fourth-order valence-corrected chi connectivity index (χ4v) is 3.27. The average Bonchev–Trinajstić information content (AvgIpc) is 3.12. The second kappa shape index (κ2) is 8.16. The van der Waals surface area contributed by atoms with Crippen molar-refractivity contribution in [1.29, 1.82) is 0 Å². The summed E-state index contributed by atoms with van der Waals surface area (Å²) in [5.74, 6) is 0. The largest absolute Gasteiger partial charge is 0.337 e. The molecule has 0 fully saturated rings. The number of benzene rings is 1. The third kappa shape index (κ3) is 4.82. The molecule has 1 aromatic carbocycles. The van der Waals surface area contributed by atoms with Gasteiger partial charge in [-0.3, -0.25) is 9.58 Å². The second-order valence-corrected chi connectivity index (χ2v) is 6.82. The summed E-state index contributed by atoms with van der Waals surface area (Å²) in [6, 6.07) is 10.7. The van der Waals surface area contributed by atoms with Crippen LogP contribution in [0.3, 0.4) is 0 Å². The van der Waals surface area contributed by atoms with Crippen LogP contribution in [0.1, 0.15) is 25.0 Å². The van der Waals surface area contributed by atoms with E-state index < -0.39 is 0 Å². The number of rotatable bonds is 6. The lowest BCUT2D eigenvalue weighted by atomic mass is 9.99. The van der Waals surface area contributed by atoms with Gasteiger partial charge in [0.05, 0.1) is 6.54 Å². The summed E-state index contributed by atoms with van der Waals surface area (Å²) < 4.78 is 1.82. The van der Waals surface area contributed by atoms with E-state index >= 15 is 0 Å². The lowest BCUT2D eigenvalue weighted by molar-refractivity contribution is 0.184. The first kappa shape index (κ1) is 17.5. The van der Waals surface area contributed by atoms with Gasteiger partial charge >= 0.3 is 6.03 Å². The number of nitrogens with one attached hydrogen (secondary N) is 2. The van der Waals surface area contributed by atoms with E-state index in [4.69, 9.17) is 0 Å². The van der Waals surface area contributed by atoms with Gasteiger partial charge in [0.15, 0.2) is 0 Å². The number of aromatic nitrogens is 2. The number of carbonyl (C=O) groups excluding carboxylic acids is 1. The fourth-order valence-electron chi connectivity index (χ4n) is 3.27. The third-order valence-electron chi connectivity index (χ3n) is 4.74. The molecule has 2 unspecified atom stereocenters. The molecule has 2 N–H and O–H groups in total. The molecule has 6 heteroatoms. The van der Waals surface area contributed by atoms with Gasteiger partial charge in [0.2, 0.25) is 0 Å². The predicted octanol–water partition coefficient (Wildman–Crippen LogP) is 2.02. The maximum atomic E-state index is 12.1. The van der Waals surface area contributed by atoms with Gasteiger partial charge in [-0.1, -0.05) is 24.3 Å². The number of amides is 2. The first-order chi connectivity index (χ1) is 12.1. The molecular weight excluding hydrogens is 314 g/mol. The van der Waals surface area contributed by atoms with E-state index in [0.29, 0.717) is 19.1 Å². The van der Waals surface area contributed by atoms with E-state index in [9.17, 15) is 4.79 Å².